The SMILES string of the molecule is CNCCCCN1CC[C@@H](CNC(=O)c2cc(C#N)cc3c2OCCCO3)[C@H](O)C1. The van der Waals surface area contributed by atoms with Crippen molar-refractivity contribution in [3.8, 4) is 17.6 Å². The number of aliphatic hydroxyl groups excluding tert-OH is 1. The molecular weight excluding hydrogens is 384 g/mol. The molecule has 0 unspecified atom stereocenters. The Morgan fingerprint density at radius 3 is 2.93 bits per heavy atom. The second-order valence-electron chi connectivity index (χ2n) is 7.95. The van der Waals surface area contributed by atoms with Gasteiger partial charge in [0.15, 0.2) is 11.5 Å². The third-order valence-electron chi connectivity index (χ3n) is 5.70. The molecule has 8 nitrogen and oxygen atoms in total. The van der Waals surface area contributed by atoms with Gasteiger partial charge in [-0.2, -0.15) is 5.26 Å². The second-order valence-corrected chi connectivity index (χ2v) is 7.95. The van der Waals surface area contributed by atoms with Crippen LogP contribution in [-0.2, 0) is 0 Å². The minimum absolute atomic E-state index is 0.0115. The van der Waals surface area contributed by atoms with Crippen molar-refractivity contribution in [3.05, 3.63) is 23.3 Å². The smallest absolute Gasteiger partial charge is 0.255 e. The first kappa shape index (κ1) is 22.3. The molecule has 1 saturated heterocycles. The monoisotopic (exact) mass is 416 g/mol. The molecule has 2 aliphatic heterocycles. The van der Waals surface area contributed by atoms with E-state index in [4.69, 9.17) is 9.47 Å². The van der Waals surface area contributed by atoms with E-state index in [0.717, 1.165) is 45.3 Å². The summed E-state index contributed by atoms with van der Waals surface area (Å²) >= 11 is 0. The molecule has 1 amide bonds. The highest BCUT2D eigenvalue weighted by Gasteiger charge is 2.28. The molecule has 1 aromatic carbocycles. The Balaban J connectivity index is 1.55. The van der Waals surface area contributed by atoms with Gasteiger partial charge in [-0.15, -0.1) is 0 Å². The number of likely N-dealkylation sites (tertiary alicyclic amines) is 1. The van der Waals surface area contributed by atoms with Crippen LogP contribution in [0.1, 0.15) is 41.6 Å². The first-order chi connectivity index (χ1) is 14.6. The first-order valence-corrected chi connectivity index (χ1v) is 10.8. The molecule has 2 heterocycles. The van der Waals surface area contributed by atoms with E-state index in [0.29, 0.717) is 48.9 Å². The Hall–Kier alpha value is -2.34. The highest BCUT2D eigenvalue weighted by Crippen LogP contribution is 2.35. The van der Waals surface area contributed by atoms with Gasteiger partial charge in [0.25, 0.3) is 5.91 Å². The predicted molar refractivity (Wildman–Crippen MR) is 113 cm³/mol. The molecule has 0 bridgehead atoms. The van der Waals surface area contributed by atoms with E-state index in [-0.39, 0.29) is 11.8 Å². The van der Waals surface area contributed by atoms with Gasteiger partial charge in [0.05, 0.1) is 36.5 Å². The van der Waals surface area contributed by atoms with Gasteiger partial charge < -0.3 is 30.1 Å². The molecule has 1 fully saturated rings. The van der Waals surface area contributed by atoms with Crippen LogP contribution >= 0.6 is 0 Å². The molecular formula is C22H32N4O4. The minimum atomic E-state index is -0.467. The maximum atomic E-state index is 12.9. The number of piperidine rings is 1. The van der Waals surface area contributed by atoms with Crippen molar-refractivity contribution in [2.45, 2.75) is 31.8 Å². The number of fused-ring (bicyclic) bond motifs is 1. The van der Waals surface area contributed by atoms with Crippen molar-refractivity contribution in [2.24, 2.45) is 5.92 Å². The molecule has 1 aromatic rings. The average molecular weight is 417 g/mol. The standard InChI is InChI=1S/C22H32N4O4/c1-24-6-2-3-7-26-8-5-17(19(27)15-26)14-25-22(28)18-11-16(13-23)12-20-21(18)30-10-4-9-29-20/h11-12,17,19,24,27H,2-10,14-15H2,1H3,(H,25,28)/t17-,19+/m0/s1. The van der Waals surface area contributed by atoms with Crippen LogP contribution in [0.3, 0.4) is 0 Å². The zero-order chi connectivity index (χ0) is 21.3. The Kier molecular flexibility index (Phi) is 8.31. The number of benzene rings is 1. The molecule has 30 heavy (non-hydrogen) atoms. The van der Waals surface area contributed by atoms with Crippen molar-refractivity contribution in [1.29, 1.82) is 5.26 Å². The quantitative estimate of drug-likeness (QED) is 0.546. The van der Waals surface area contributed by atoms with Crippen LogP contribution in [0.4, 0.5) is 0 Å². The van der Waals surface area contributed by atoms with Crippen molar-refractivity contribution < 1.29 is 19.4 Å². The first-order valence-electron chi connectivity index (χ1n) is 10.8. The number of unbranched alkanes of at least 4 members (excludes halogenated alkanes) is 1. The van der Waals surface area contributed by atoms with Gasteiger partial charge in [0.2, 0.25) is 0 Å². The van der Waals surface area contributed by atoms with E-state index in [9.17, 15) is 15.2 Å². The van der Waals surface area contributed by atoms with Crippen LogP contribution in [0.2, 0.25) is 0 Å². The van der Waals surface area contributed by atoms with Crippen LogP contribution in [0.25, 0.3) is 0 Å². The van der Waals surface area contributed by atoms with E-state index in [2.05, 4.69) is 21.6 Å². The van der Waals surface area contributed by atoms with E-state index in [1.54, 1.807) is 6.07 Å². The third-order valence-corrected chi connectivity index (χ3v) is 5.70. The zero-order valence-corrected chi connectivity index (χ0v) is 17.7. The summed E-state index contributed by atoms with van der Waals surface area (Å²) in [4.78, 5) is 15.2. The van der Waals surface area contributed by atoms with Gasteiger partial charge in [-0.25, -0.2) is 0 Å². The number of nitrogens with zero attached hydrogens (tertiary/aromatic N) is 2. The van der Waals surface area contributed by atoms with Gasteiger partial charge in [-0.3, -0.25) is 4.79 Å². The fraction of sp³-hybridized carbons (Fsp3) is 0.636. The predicted octanol–water partition coefficient (Wildman–Crippen LogP) is 1.13. The summed E-state index contributed by atoms with van der Waals surface area (Å²) in [6.45, 7) is 4.90. The molecule has 3 rings (SSSR count). The van der Waals surface area contributed by atoms with E-state index < -0.39 is 6.10 Å². The number of ether oxygens (including phenoxy) is 2. The summed E-state index contributed by atoms with van der Waals surface area (Å²) in [7, 11) is 1.95. The molecule has 0 aromatic heterocycles. The van der Waals surface area contributed by atoms with E-state index >= 15 is 0 Å². The molecule has 0 aliphatic carbocycles. The van der Waals surface area contributed by atoms with E-state index in [1.807, 2.05) is 7.05 Å². The van der Waals surface area contributed by atoms with Gasteiger partial charge in [0, 0.05) is 31.5 Å². The number of nitriles is 1. The largest absolute Gasteiger partial charge is 0.489 e. The number of rotatable bonds is 8. The number of β-amino-alcohol motifs (C(OH)–C–C–N with tert-alkyl or cyclic N) is 1. The number of carbonyl (C=O) groups excluding carboxylic acids is 1. The topological polar surface area (TPSA) is 107 Å². The lowest BCUT2D eigenvalue weighted by atomic mass is 9.93. The lowest BCUT2D eigenvalue weighted by Crippen LogP contribution is -2.47. The molecule has 8 heteroatoms. The highest BCUT2D eigenvalue weighted by molar-refractivity contribution is 5.98. The van der Waals surface area contributed by atoms with Crippen molar-refractivity contribution in [1.82, 2.24) is 15.5 Å². The summed E-state index contributed by atoms with van der Waals surface area (Å²) in [5.41, 5.74) is 0.665. The molecule has 2 aliphatic rings. The van der Waals surface area contributed by atoms with Gasteiger partial charge in [-0.05, 0) is 52.0 Å². The zero-order valence-electron chi connectivity index (χ0n) is 17.7. The Morgan fingerprint density at radius 2 is 2.17 bits per heavy atom. The molecule has 0 saturated carbocycles. The van der Waals surface area contributed by atoms with Gasteiger partial charge >= 0.3 is 0 Å². The lowest BCUT2D eigenvalue weighted by molar-refractivity contribution is 0.0216. The number of hydrogen-bond donors (Lipinski definition) is 3. The maximum Gasteiger partial charge on any atom is 0.255 e. The summed E-state index contributed by atoms with van der Waals surface area (Å²) in [6, 6.07) is 5.21. The van der Waals surface area contributed by atoms with Crippen molar-refractivity contribution in [2.75, 3.05) is 53.0 Å². The Labute approximate surface area is 178 Å². The normalized spacial score (nSPS) is 21.5. The van der Waals surface area contributed by atoms with Gasteiger partial charge in [0.1, 0.15) is 0 Å². The fourth-order valence-corrected chi connectivity index (χ4v) is 3.95. The fourth-order valence-electron chi connectivity index (χ4n) is 3.95. The van der Waals surface area contributed by atoms with Crippen LogP contribution < -0.4 is 20.1 Å². The van der Waals surface area contributed by atoms with Crippen molar-refractivity contribution >= 4 is 5.91 Å². The van der Waals surface area contributed by atoms with Crippen LogP contribution in [0.5, 0.6) is 11.5 Å². The Bertz CT molecular complexity index is 764. The summed E-state index contributed by atoms with van der Waals surface area (Å²) < 4.78 is 11.4. The molecule has 164 valence electrons. The van der Waals surface area contributed by atoms with E-state index in [1.165, 1.54) is 6.07 Å². The maximum absolute atomic E-state index is 12.9. The highest BCUT2D eigenvalue weighted by atomic mass is 16.5. The summed E-state index contributed by atoms with van der Waals surface area (Å²) in [6.07, 6.45) is 3.32. The number of hydrogen-bond acceptors (Lipinski definition) is 7. The molecule has 0 spiro atoms. The van der Waals surface area contributed by atoms with Gasteiger partial charge in [-0.1, -0.05) is 0 Å². The minimum Gasteiger partial charge on any atom is -0.489 e. The van der Waals surface area contributed by atoms with Crippen molar-refractivity contribution in [3.63, 3.8) is 0 Å². The summed E-state index contributed by atoms with van der Waals surface area (Å²) in [5.74, 6) is 0.525. The molecule has 3 N–H and O–H groups in total. The average Bonchev–Trinajstić information content (AvgIpc) is 3.00. The second kappa shape index (κ2) is 11.2. The third kappa shape index (κ3) is 5.85. The number of aliphatic hydroxyl groups is 1. The van der Waals surface area contributed by atoms with Crippen LogP contribution in [0.15, 0.2) is 12.1 Å². The molecule has 2 atom stereocenters. The number of amides is 1. The number of nitrogens with one attached hydrogen (secondary N) is 2. The summed E-state index contributed by atoms with van der Waals surface area (Å²) in [5, 5.41) is 25.9. The van der Waals surface area contributed by atoms with Crippen LogP contribution in [-0.4, -0.2) is 75.0 Å². The number of carbonyl (C=O) groups is 1. The Morgan fingerprint density at radius 1 is 1.33 bits per heavy atom. The van der Waals surface area contributed by atoms with Crippen LogP contribution in [0, 0.1) is 17.2 Å². The molecule has 0 radical (unpaired) electrons. The lowest BCUT2D eigenvalue weighted by Gasteiger charge is -2.36.